The van der Waals surface area contributed by atoms with Crippen LogP contribution in [0.25, 0.3) is 22.7 Å². The van der Waals surface area contributed by atoms with Crippen LogP contribution in [-0.2, 0) is 11.8 Å². The van der Waals surface area contributed by atoms with Gasteiger partial charge in [-0.3, -0.25) is 0 Å². The first-order valence-electron chi connectivity index (χ1n) is 13.2. The fraction of sp³-hybridized carbons (Fsp3) is 0.344. The van der Waals surface area contributed by atoms with Gasteiger partial charge in [-0.25, -0.2) is 9.07 Å². The minimum atomic E-state index is -0.804. The van der Waals surface area contributed by atoms with Gasteiger partial charge < -0.3 is 5.11 Å². The minimum Gasteiger partial charge on any atom is -0.386 e. The van der Waals surface area contributed by atoms with Gasteiger partial charge in [0.2, 0.25) is 0 Å². The Morgan fingerprint density at radius 3 is 2.64 bits per heavy atom. The van der Waals surface area contributed by atoms with Crippen LogP contribution in [0.2, 0.25) is 0 Å². The van der Waals surface area contributed by atoms with E-state index in [-0.39, 0.29) is 11.2 Å². The van der Waals surface area contributed by atoms with Crippen LogP contribution in [0.1, 0.15) is 62.6 Å². The summed E-state index contributed by atoms with van der Waals surface area (Å²) < 4.78 is 15.4. The molecule has 1 heterocycles. The fourth-order valence-corrected chi connectivity index (χ4v) is 6.85. The maximum absolute atomic E-state index is 13.5. The maximum Gasteiger partial charge on any atom is 0.123 e. The highest BCUT2D eigenvalue weighted by Crippen LogP contribution is 2.56. The Balaban J connectivity index is 1.49. The van der Waals surface area contributed by atoms with Crippen molar-refractivity contribution in [3.05, 3.63) is 101 Å². The second-order valence-electron chi connectivity index (χ2n) is 10.9. The van der Waals surface area contributed by atoms with Gasteiger partial charge in [0.15, 0.2) is 0 Å². The molecule has 0 radical (unpaired) electrons. The van der Waals surface area contributed by atoms with Gasteiger partial charge in [0.25, 0.3) is 0 Å². The lowest BCUT2D eigenvalue weighted by Gasteiger charge is -2.50. The lowest BCUT2D eigenvalue weighted by molar-refractivity contribution is 0.0136. The molecule has 2 aliphatic rings. The topological polar surface area (TPSA) is 38.1 Å². The van der Waals surface area contributed by atoms with Crippen LogP contribution in [0.5, 0.6) is 0 Å². The van der Waals surface area contributed by atoms with Gasteiger partial charge in [0.05, 0.1) is 23.0 Å². The molecule has 1 N–H and O–H groups in total. The SMILES string of the molecule is CC[C@@]12C/C(=C\c3ccccc3)[C@@](C)(O)C[C@@H]1CCCc1cc3c(cnn3-c3ccc(F)cc3)cc12. The van der Waals surface area contributed by atoms with Crippen molar-refractivity contribution in [2.45, 2.75) is 63.4 Å². The Hall–Kier alpha value is -3.24. The average Bonchev–Trinajstić information content (AvgIpc) is 3.22. The average molecular weight is 481 g/mol. The molecule has 3 aromatic carbocycles. The van der Waals surface area contributed by atoms with E-state index in [4.69, 9.17) is 0 Å². The monoisotopic (exact) mass is 480 g/mol. The Morgan fingerprint density at radius 2 is 1.89 bits per heavy atom. The largest absolute Gasteiger partial charge is 0.386 e. The zero-order valence-corrected chi connectivity index (χ0v) is 21.0. The molecule has 4 heteroatoms. The summed E-state index contributed by atoms with van der Waals surface area (Å²) in [5.41, 5.74) is 6.19. The van der Waals surface area contributed by atoms with Gasteiger partial charge >= 0.3 is 0 Å². The van der Waals surface area contributed by atoms with E-state index in [0.29, 0.717) is 5.92 Å². The second kappa shape index (κ2) is 8.70. The number of aliphatic hydroxyl groups is 1. The quantitative estimate of drug-likeness (QED) is 0.332. The Labute approximate surface area is 212 Å². The number of halogens is 1. The summed E-state index contributed by atoms with van der Waals surface area (Å²) in [6, 6.07) is 21.6. The third-order valence-electron chi connectivity index (χ3n) is 8.79. The van der Waals surface area contributed by atoms with Crippen LogP contribution >= 0.6 is 0 Å². The first-order chi connectivity index (χ1) is 17.4. The number of aryl methyl sites for hydroxylation is 1. The van der Waals surface area contributed by atoms with E-state index in [1.54, 1.807) is 12.1 Å². The standard InChI is InChI=1S/C32H33FN2O/c1-3-32-20-26(16-22-8-5-4-6-9-22)31(2,36)19-25(32)11-7-10-23-18-30-24(17-29(23)32)21-34-35(30)28-14-12-27(33)13-15-28/h4-6,8-9,12-18,21,25,36H,3,7,10-11,19-20H2,1-2H3/b26-16+/t25-,31-,32+/m0/s1. The van der Waals surface area contributed by atoms with Crippen molar-refractivity contribution in [3.8, 4) is 5.69 Å². The first-order valence-corrected chi connectivity index (χ1v) is 13.2. The predicted octanol–water partition coefficient (Wildman–Crippen LogP) is 7.39. The van der Waals surface area contributed by atoms with E-state index in [1.165, 1.54) is 23.3 Å². The molecule has 3 atom stereocenters. The molecule has 3 nitrogen and oxygen atoms in total. The highest BCUT2D eigenvalue weighted by molar-refractivity contribution is 5.83. The molecular weight excluding hydrogens is 447 g/mol. The zero-order chi connectivity index (χ0) is 24.9. The number of benzene rings is 3. The van der Waals surface area contributed by atoms with Crippen LogP contribution in [0.4, 0.5) is 4.39 Å². The summed E-state index contributed by atoms with van der Waals surface area (Å²) in [5, 5.41) is 17.4. The number of fused-ring (bicyclic) bond motifs is 4. The molecule has 0 unspecified atom stereocenters. The second-order valence-corrected chi connectivity index (χ2v) is 10.9. The summed E-state index contributed by atoms with van der Waals surface area (Å²) >= 11 is 0. The number of aromatic nitrogens is 2. The predicted molar refractivity (Wildman–Crippen MR) is 144 cm³/mol. The number of hydrogen-bond acceptors (Lipinski definition) is 2. The molecule has 184 valence electrons. The molecule has 1 saturated carbocycles. The summed E-state index contributed by atoms with van der Waals surface area (Å²) in [5.74, 6) is 0.184. The maximum atomic E-state index is 13.5. The molecule has 0 spiro atoms. The molecule has 1 fully saturated rings. The summed E-state index contributed by atoms with van der Waals surface area (Å²) in [7, 11) is 0. The van der Waals surface area contributed by atoms with Gasteiger partial charge in [-0.1, -0.05) is 43.3 Å². The van der Waals surface area contributed by atoms with Crippen molar-refractivity contribution < 1.29 is 9.50 Å². The lowest BCUT2D eigenvalue weighted by Crippen LogP contribution is -2.47. The van der Waals surface area contributed by atoms with Crippen molar-refractivity contribution in [3.63, 3.8) is 0 Å². The van der Waals surface area contributed by atoms with E-state index in [2.05, 4.69) is 54.5 Å². The van der Waals surface area contributed by atoms with E-state index in [9.17, 15) is 9.50 Å². The van der Waals surface area contributed by atoms with E-state index >= 15 is 0 Å². The van der Waals surface area contributed by atoms with Crippen molar-refractivity contribution in [1.82, 2.24) is 9.78 Å². The molecule has 1 aromatic heterocycles. The molecule has 6 rings (SSSR count). The van der Waals surface area contributed by atoms with E-state index in [0.717, 1.165) is 66.3 Å². The number of hydrogen-bond donors (Lipinski definition) is 1. The molecule has 4 aromatic rings. The normalized spacial score (nSPS) is 27.0. The van der Waals surface area contributed by atoms with Gasteiger partial charge in [-0.2, -0.15) is 5.10 Å². The molecule has 2 aliphatic carbocycles. The minimum absolute atomic E-state index is 0.0130. The highest BCUT2D eigenvalue weighted by atomic mass is 19.1. The molecular formula is C32H33FN2O. The summed E-state index contributed by atoms with van der Waals surface area (Å²) in [6.45, 7) is 4.32. The highest BCUT2D eigenvalue weighted by Gasteiger charge is 2.50. The van der Waals surface area contributed by atoms with Crippen LogP contribution in [0.3, 0.4) is 0 Å². The Bertz CT molecular complexity index is 1430. The molecule has 36 heavy (non-hydrogen) atoms. The fourth-order valence-electron chi connectivity index (χ4n) is 6.85. The number of rotatable bonds is 3. The smallest absolute Gasteiger partial charge is 0.123 e. The van der Waals surface area contributed by atoms with Gasteiger partial charge in [0.1, 0.15) is 5.82 Å². The number of nitrogens with zero attached hydrogens (tertiary/aromatic N) is 2. The van der Waals surface area contributed by atoms with Crippen LogP contribution < -0.4 is 0 Å². The van der Waals surface area contributed by atoms with E-state index < -0.39 is 5.60 Å². The molecule has 0 amide bonds. The summed E-state index contributed by atoms with van der Waals surface area (Å²) in [4.78, 5) is 0. The van der Waals surface area contributed by atoms with E-state index in [1.807, 2.05) is 23.9 Å². The molecule has 0 bridgehead atoms. The van der Waals surface area contributed by atoms with Crippen molar-refractivity contribution >= 4 is 17.0 Å². The van der Waals surface area contributed by atoms with Crippen molar-refractivity contribution in [1.29, 1.82) is 0 Å². The van der Waals surface area contributed by atoms with Gasteiger partial charge in [-0.15, -0.1) is 0 Å². The summed E-state index contributed by atoms with van der Waals surface area (Å²) in [6.07, 6.45) is 10.1. The third-order valence-corrected chi connectivity index (χ3v) is 8.79. The Morgan fingerprint density at radius 1 is 1.11 bits per heavy atom. The van der Waals surface area contributed by atoms with Gasteiger partial charge in [-0.05, 0) is 110 Å². The van der Waals surface area contributed by atoms with Crippen LogP contribution in [0.15, 0.2) is 78.5 Å². The van der Waals surface area contributed by atoms with Crippen molar-refractivity contribution in [2.75, 3.05) is 0 Å². The zero-order valence-electron chi connectivity index (χ0n) is 21.0. The van der Waals surface area contributed by atoms with Crippen LogP contribution in [-0.4, -0.2) is 20.5 Å². The third kappa shape index (κ3) is 3.79. The molecule has 0 saturated heterocycles. The first kappa shape index (κ1) is 23.2. The van der Waals surface area contributed by atoms with Gasteiger partial charge in [0, 0.05) is 10.8 Å². The molecule has 0 aliphatic heterocycles. The Kier molecular flexibility index (Phi) is 5.60. The lowest BCUT2D eigenvalue weighted by atomic mass is 9.55. The van der Waals surface area contributed by atoms with Crippen LogP contribution in [0, 0.1) is 11.7 Å². The van der Waals surface area contributed by atoms with Crippen molar-refractivity contribution in [2.24, 2.45) is 5.92 Å².